The first-order valence-electron chi connectivity index (χ1n) is 6.25. The Kier molecular flexibility index (Phi) is 4.55. The third-order valence-electron chi connectivity index (χ3n) is 2.82. The number of aromatic nitrogens is 2. The van der Waals surface area contributed by atoms with E-state index in [1.54, 1.807) is 7.11 Å². The van der Waals surface area contributed by atoms with E-state index in [1.165, 1.54) is 0 Å². The van der Waals surface area contributed by atoms with Gasteiger partial charge in [0.05, 0.1) is 11.0 Å². The highest BCUT2D eigenvalue weighted by atomic mass is 16.5. The number of hydrogen-bond acceptors (Lipinski definition) is 4. The first kappa shape index (κ1) is 12.9. The summed E-state index contributed by atoms with van der Waals surface area (Å²) in [6, 6.07) is 8.10. The second-order valence-electron chi connectivity index (χ2n) is 4.14. The van der Waals surface area contributed by atoms with E-state index in [2.05, 4.69) is 20.9 Å². The Bertz CT molecular complexity index is 495. The summed E-state index contributed by atoms with van der Waals surface area (Å²) in [6.45, 7) is 2.98. The highest BCUT2D eigenvalue weighted by Crippen LogP contribution is 2.18. The van der Waals surface area contributed by atoms with Crippen molar-refractivity contribution in [2.75, 3.05) is 32.1 Å². The molecule has 0 aliphatic carbocycles. The summed E-state index contributed by atoms with van der Waals surface area (Å²) in [5.74, 6) is 0.887. The number of para-hydroxylation sites is 2. The number of fused-ring (bicyclic) bond motifs is 1. The van der Waals surface area contributed by atoms with E-state index in [0.717, 1.165) is 43.1 Å². The molecule has 2 rings (SSSR count). The molecule has 0 saturated carbocycles. The Morgan fingerprint density at radius 3 is 3.00 bits per heavy atom. The van der Waals surface area contributed by atoms with Crippen molar-refractivity contribution < 1.29 is 4.74 Å². The van der Waals surface area contributed by atoms with Gasteiger partial charge in [0.2, 0.25) is 5.95 Å². The maximum absolute atomic E-state index is 5.66. The number of hydrogen-bond donors (Lipinski definition) is 2. The van der Waals surface area contributed by atoms with Crippen molar-refractivity contribution in [1.29, 1.82) is 0 Å². The zero-order valence-corrected chi connectivity index (χ0v) is 10.7. The highest BCUT2D eigenvalue weighted by Gasteiger charge is 2.08. The van der Waals surface area contributed by atoms with Crippen LogP contribution in [0.1, 0.15) is 6.42 Å². The van der Waals surface area contributed by atoms with Gasteiger partial charge in [0.1, 0.15) is 0 Å². The number of nitrogens with two attached hydrogens (primary N) is 1. The number of imidazole rings is 1. The van der Waals surface area contributed by atoms with Gasteiger partial charge in [0, 0.05) is 33.4 Å². The third-order valence-corrected chi connectivity index (χ3v) is 2.82. The Labute approximate surface area is 107 Å². The standard InChI is InChI=1S/C13H20N4O/c1-18-10-4-8-15-13-16-11-5-2-3-6-12(11)17(13)9-7-14/h2-3,5-6H,4,7-10,14H2,1H3,(H,15,16). The molecule has 2 aromatic rings. The minimum atomic E-state index is 0.604. The fourth-order valence-electron chi connectivity index (χ4n) is 1.98. The minimum absolute atomic E-state index is 0.604. The Balaban J connectivity index is 2.17. The normalized spacial score (nSPS) is 11.0. The van der Waals surface area contributed by atoms with Crippen molar-refractivity contribution in [2.45, 2.75) is 13.0 Å². The summed E-state index contributed by atoms with van der Waals surface area (Å²) in [5, 5.41) is 3.34. The number of methoxy groups -OCH3 is 1. The van der Waals surface area contributed by atoms with Crippen molar-refractivity contribution in [2.24, 2.45) is 5.73 Å². The summed E-state index contributed by atoms with van der Waals surface area (Å²) in [5.41, 5.74) is 7.78. The molecule has 18 heavy (non-hydrogen) atoms. The number of nitrogens with one attached hydrogen (secondary N) is 1. The molecule has 0 bridgehead atoms. The number of anilines is 1. The molecule has 1 aromatic heterocycles. The smallest absolute Gasteiger partial charge is 0.203 e. The van der Waals surface area contributed by atoms with Crippen LogP contribution in [-0.4, -0.2) is 36.4 Å². The van der Waals surface area contributed by atoms with Crippen LogP contribution in [0.15, 0.2) is 24.3 Å². The molecule has 0 unspecified atom stereocenters. The zero-order chi connectivity index (χ0) is 12.8. The third kappa shape index (κ3) is 2.80. The lowest BCUT2D eigenvalue weighted by atomic mass is 10.3. The van der Waals surface area contributed by atoms with Gasteiger partial charge in [-0.15, -0.1) is 0 Å². The predicted octanol–water partition coefficient (Wildman–Crippen LogP) is 1.44. The van der Waals surface area contributed by atoms with Gasteiger partial charge in [-0.3, -0.25) is 0 Å². The van der Waals surface area contributed by atoms with E-state index in [0.29, 0.717) is 6.54 Å². The molecule has 1 heterocycles. The average molecular weight is 248 g/mol. The minimum Gasteiger partial charge on any atom is -0.385 e. The lowest BCUT2D eigenvalue weighted by Crippen LogP contribution is -2.14. The first-order valence-corrected chi connectivity index (χ1v) is 6.25. The Morgan fingerprint density at radius 1 is 1.39 bits per heavy atom. The SMILES string of the molecule is COCCCNc1nc2ccccc2n1CCN. The molecule has 0 saturated heterocycles. The molecule has 0 aliphatic heterocycles. The molecular weight excluding hydrogens is 228 g/mol. The summed E-state index contributed by atoms with van der Waals surface area (Å²) in [6.07, 6.45) is 0.961. The summed E-state index contributed by atoms with van der Waals surface area (Å²) in [7, 11) is 1.71. The maximum Gasteiger partial charge on any atom is 0.203 e. The van der Waals surface area contributed by atoms with E-state index < -0.39 is 0 Å². The molecule has 1 aromatic carbocycles. The lowest BCUT2D eigenvalue weighted by Gasteiger charge is -2.09. The molecule has 0 atom stereocenters. The van der Waals surface area contributed by atoms with E-state index in [9.17, 15) is 0 Å². The fourth-order valence-corrected chi connectivity index (χ4v) is 1.98. The van der Waals surface area contributed by atoms with Crippen molar-refractivity contribution in [3.63, 3.8) is 0 Å². The highest BCUT2D eigenvalue weighted by molar-refractivity contribution is 5.78. The van der Waals surface area contributed by atoms with Crippen molar-refractivity contribution in [1.82, 2.24) is 9.55 Å². The molecule has 5 heteroatoms. The van der Waals surface area contributed by atoms with Crippen LogP contribution in [0.2, 0.25) is 0 Å². The monoisotopic (exact) mass is 248 g/mol. The Hall–Kier alpha value is -1.59. The van der Waals surface area contributed by atoms with Gasteiger partial charge in [-0.25, -0.2) is 4.98 Å². The van der Waals surface area contributed by atoms with E-state index >= 15 is 0 Å². The number of rotatable bonds is 7. The van der Waals surface area contributed by atoms with Crippen LogP contribution in [0.4, 0.5) is 5.95 Å². The van der Waals surface area contributed by atoms with Gasteiger partial charge >= 0.3 is 0 Å². The van der Waals surface area contributed by atoms with Gasteiger partial charge in [-0.1, -0.05) is 12.1 Å². The molecule has 0 radical (unpaired) electrons. The molecular formula is C13H20N4O. The quantitative estimate of drug-likeness (QED) is 0.728. The average Bonchev–Trinajstić information content (AvgIpc) is 2.74. The topological polar surface area (TPSA) is 65.1 Å². The summed E-state index contributed by atoms with van der Waals surface area (Å²) < 4.78 is 7.16. The second-order valence-corrected chi connectivity index (χ2v) is 4.14. The van der Waals surface area contributed by atoms with E-state index in [-0.39, 0.29) is 0 Å². The lowest BCUT2D eigenvalue weighted by molar-refractivity contribution is 0.197. The van der Waals surface area contributed by atoms with Gasteiger partial charge in [0.15, 0.2) is 0 Å². The first-order chi connectivity index (χ1) is 8.86. The van der Waals surface area contributed by atoms with E-state index in [1.807, 2.05) is 18.2 Å². The van der Waals surface area contributed by atoms with Crippen LogP contribution in [0, 0.1) is 0 Å². The van der Waals surface area contributed by atoms with Crippen molar-refractivity contribution >= 4 is 17.0 Å². The molecule has 0 amide bonds. The summed E-state index contributed by atoms with van der Waals surface area (Å²) >= 11 is 0. The molecule has 0 fully saturated rings. The largest absolute Gasteiger partial charge is 0.385 e. The van der Waals surface area contributed by atoms with Crippen LogP contribution in [-0.2, 0) is 11.3 Å². The van der Waals surface area contributed by atoms with Gasteiger partial charge in [0.25, 0.3) is 0 Å². The van der Waals surface area contributed by atoms with Crippen LogP contribution in [0.25, 0.3) is 11.0 Å². The molecule has 3 N–H and O–H groups in total. The van der Waals surface area contributed by atoms with E-state index in [4.69, 9.17) is 10.5 Å². The number of ether oxygens (including phenoxy) is 1. The second kappa shape index (κ2) is 6.37. The van der Waals surface area contributed by atoms with Crippen LogP contribution < -0.4 is 11.1 Å². The molecule has 0 spiro atoms. The summed E-state index contributed by atoms with van der Waals surface area (Å²) in [4.78, 5) is 4.58. The molecule has 98 valence electrons. The maximum atomic E-state index is 5.66. The number of nitrogens with zero attached hydrogens (tertiary/aromatic N) is 2. The van der Waals surface area contributed by atoms with Gasteiger partial charge in [-0.05, 0) is 18.6 Å². The Morgan fingerprint density at radius 2 is 2.22 bits per heavy atom. The molecule has 5 nitrogen and oxygen atoms in total. The fraction of sp³-hybridized carbons (Fsp3) is 0.462. The van der Waals surface area contributed by atoms with Crippen molar-refractivity contribution in [3.05, 3.63) is 24.3 Å². The molecule has 0 aliphatic rings. The van der Waals surface area contributed by atoms with Crippen LogP contribution in [0.3, 0.4) is 0 Å². The van der Waals surface area contributed by atoms with Crippen molar-refractivity contribution in [3.8, 4) is 0 Å². The predicted molar refractivity (Wildman–Crippen MR) is 73.8 cm³/mol. The van der Waals surface area contributed by atoms with Gasteiger partial charge in [-0.2, -0.15) is 0 Å². The van der Waals surface area contributed by atoms with Crippen LogP contribution >= 0.6 is 0 Å². The number of benzene rings is 1. The van der Waals surface area contributed by atoms with Crippen LogP contribution in [0.5, 0.6) is 0 Å². The van der Waals surface area contributed by atoms with Gasteiger partial charge < -0.3 is 20.4 Å². The zero-order valence-electron chi connectivity index (χ0n) is 10.7.